The molecule has 6 heteroatoms. The van der Waals surface area contributed by atoms with Crippen molar-refractivity contribution in [2.45, 2.75) is 32.6 Å². The summed E-state index contributed by atoms with van der Waals surface area (Å²) < 4.78 is 5.11. The van der Waals surface area contributed by atoms with Crippen molar-refractivity contribution in [2.75, 3.05) is 12.4 Å². The van der Waals surface area contributed by atoms with E-state index >= 15 is 0 Å². The highest BCUT2D eigenvalue weighted by molar-refractivity contribution is 7.15. The van der Waals surface area contributed by atoms with E-state index in [2.05, 4.69) is 22.4 Å². The number of nitrogens with zero attached hydrogens (tertiary/aromatic N) is 2. The Kier molecular flexibility index (Phi) is 5.68. The smallest absolute Gasteiger partial charge is 0.257 e. The molecule has 0 aliphatic rings. The molecule has 2 aromatic rings. The van der Waals surface area contributed by atoms with Crippen LogP contribution in [-0.2, 0) is 6.42 Å². The van der Waals surface area contributed by atoms with Crippen LogP contribution < -0.4 is 10.1 Å². The van der Waals surface area contributed by atoms with Crippen molar-refractivity contribution >= 4 is 22.4 Å². The fourth-order valence-corrected chi connectivity index (χ4v) is 2.64. The maximum atomic E-state index is 12.1. The number of amides is 1. The molecular weight excluding hydrogens is 286 g/mol. The summed E-state index contributed by atoms with van der Waals surface area (Å²) in [4.78, 5) is 12.1. The number of unbranched alkanes of at least 4 members (excludes halogenated alkanes) is 2. The molecule has 5 nitrogen and oxygen atoms in total. The molecule has 0 aliphatic carbocycles. The number of aromatic nitrogens is 2. The van der Waals surface area contributed by atoms with E-state index in [1.807, 2.05) is 0 Å². The molecule has 0 fully saturated rings. The zero-order chi connectivity index (χ0) is 15.1. The van der Waals surface area contributed by atoms with Crippen molar-refractivity contribution in [1.82, 2.24) is 10.2 Å². The molecule has 0 spiro atoms. The minimum Gasteiger partial charge on any atom is -0.497 e. The van der Waals surface area contributed by atoms with Crippen LogP contribution in [0.3, 0.4) is 0 Å². The van der Waals surface area contributed by atoms with Crippen molar-refractivity contribution in [1.29, 1.82) is 0 Å². The second-order valence-electron chi connectivity index (χ2n) is 4.64. The van der Waals surface area contributed by atoms with E-state index in [-0.39, 0.29) is 5.91 Å². The first-order valence-corrected chi connectivity index (χ1v) is 7.82. The minimum atomic E-state index is -0.204. The minimum absolute atomic E-state index is 0.204. The molecule has 0 aliphatic heterocycles. The van der Waals surface area contributed by atoms with Gasteiger partial charge < -0.3 is 4.74 Å². The Morgan fingerprint density at radius 1 is 1.33 bits per heavy atom. The van der Waals surface area contributed by atoms with Crippen molar-refractivity contribution in [3.05, 3.63) is 34.8 Å². The molecule has 0 unspecified atom stereocenters. The van der Waals surface area contributed by atoms with E-state index in [4.69, 9.17) is 4.74 Å². The zero-order valence-corrected chi connectivity index (χ0v) is 13.1. The lowest BCUT2D eigenvalue weighted by Gasteiger charge is -2.03. The van der Waals surface area contributed by atoms with Gasteiger partial charge in [0.2, 0.25) is 5.13 Å². The Bertz CT molecular complexity index is 598. The van der Waals surface area contributed by atoms with E-state index in [0.29, 0.717) is 16.4 Å². The molecule has 0 atom stereocenters. The molecule has 1 N–H and O–H groups in total. The van der Waals surface area contributed by atoms with Crippen LogP contribution in [0.2, 0.25) is 0 Å². The Hall–Kier alpha value is -1.95. The monoisotopic (exact) mass is 305 g/mol. The number of benzene rings is 1. The first-order chi connectivity index (χ1) is 10.2. The van der Waals surface area contributed by atoms with Crippen LogP contribution in [-0.4, -0.2) is 23.2 Å². The number of nitrogens with one attached hydrogen (secondary N) is 1. The van der Waals surface area contributed by atoms with Gasteiger partial charge in [-0.05, 0) is 24.6 Å². The highest BCUT2D eigenvalue weighted by Gasteiger charge is 2.10. The SMILES string of the molecule is CCCCCc1nnc(NC(=O)c2cccc(OC)c2)s1. The molecule has 1 heterocycles. The topological polar surface area (TPSA) is 64.1 Å². The van der Waals surface area contributed by atoms with Crippen molar-refractivity contribution in [3.8, 4) is 5.75 Å². The summed E-state index contributed by atoms with van der Waals surface area (Å²) in [5, 5.41) is 12.4. The highest BCUT2D eigenvalue weighted by atomic mass is 32.1. The fraction of sp³-hybridized carbons (Fsp3) is 0.400. The lowest BCUT2D eigenvalue weighted by molar-refractivity contribution is 0.102. The van der Waals surface area contributed by atoms with Gasteiger partial charge in [-0.1, -0.05) is 37.2 Å². The third kappa shape index (κ3) is 4.53. The Morgan fingerprint density at radius 3 is 2.95 bits per heavy atom. The fourth-order valence-electron chi connectivity index (χ4n) is 1.86. The van der Waals surface area contributed by atoms with Crippen LogP contribution in [0.5, 0.6) is 5.75 Å². The summed E-state index contributed by atoms with van der Waals surface area (Å²) >= 11 is 1.43. The quantitative estimate of drug-likeness (QED) is 0.795. The Labute approximate surface area is 128 Å². The normalized spacial score (nSPS) is 10.4. The molecule has 112 valence electrons. The first-order valence-electron chi connectivity index (χ1n) is 7.00. The van der Waals surface area contributed by atoms with Crippen molar-refractivity contribution < 1.29 is 9.53 Å². The molecule has 1 aromatic carbocycles. The van der Waals surface area contributed by atoms with E-state index in [9.17, 15) is 4.79 Å². The number of hydrogen-bond acceptors (Lipinski definition) is 5. The van der Waals surface area contributed by atoms with Crippen LogP contribution in [0.4, 0.5) is 5.13 Å². The maximum Gasteiger partial charge on any atom is 0.257 e. The van der Waals surface area contributed by atoms with Gasteiger partial charge in [0.1, 0.15) is 10.8 Å². The largest absolute Gasteiger partial charge is 0.497 e. The van der Waals surface area contributed by atoms with Crippen LogP contribution in [0, 0.1) is 0 Å². The Balaban J connectivity index is 1.96. The summed E-state index contributed by atoms with van der Waals surface area (Å²) in [6.45, 7) is 2.17. The molecule has 0 saturated heterocycles. The van der Waals surface area contributed by atoms with Gasteiger partial charge in [0.15, 0.2) is 0 Å². The van der Waals surface area contributed by atoms with Gasteiger partial charge in [-0.3, -0.25) is 10.1 Å². The molecule has 0 saturated carbocycles. The molecule has 21 heavy (non-hydrogen) atoms. The second-order valence-corrected chi connectivity index (χ2v) is 5.71. The number of carbonyl (C=O) groups excluding carboxylic acids is 1. The first kappa shape index (κ1) is 15.4. The lowest BCUT2D eigenvalue weighted by Crippen LogP contribution is -2.11. The number of ether oxygens (including phenoxy) is 1. The van der Waals surface area contributed by atoms with Gasteiger partial charge in [-0.25, -0.2) is 0 Å². The average Bonchev–Trinajstić information content (AvgIpc) is 2.95. The summed E-state index contributed by atoms with van der Waals surface area (Å²) in [6.07, 6.45) is 4.39. The van der Waals surface area contributed by atoms with Crippen LogP contribution in [0.15, 0.2) is 24.3 Å². The van der Waals surface area contributed by atoms with Crippen LogP contribution in [0.25, 0.3) is 0 Å². The van der Waals surface area contributed by atoms with E-state index < -0.39 is 0 Å². The van der Waals surface area contributed by atoms with Crippen LogP contribution in [0.1, 0.15) is 41.6 Å². The predicted octanol–water partition coefficient (Wildman–Crippen LogP) is 3.53. The van der Waals surface area contributed by atoms with E-state index in [1.165, 1.54) is 24.2 Å². The molecule has 0 bridgehead atoms. The van der Waals surface area contributed by atoms with Crippen LogP contribution >= 0.6 is 11.3 Å². The summed E-state index contributed by atoms with van der Waals surface area (Å²) in [5.74, 6) is 0.449. The van der Waals surface area contributed by atoms with Gasteiger partial charge in [0.05, 0.1) is 7.11 Å². The second kappa shape index (κ2) is 7.73. The lowest BCUT2D eigenvalue weighted by atomic mass is 10.2. The Morgan fingerprint density at radius 2 is 2.19 bits per heavy atom. The predicted molar refractivity (Wildman–Crippen MR) is 84.1 cm³/mol. The standard InChI is InChI=1S/C15H19N3O2S/c1-3-4-5-9-13-17-18-15(21-13)16-14(19)11-7-6-8-12(10-11)20-2/h6-8,10H,3-5,9H2,1-2H3,(H,16,18,19). The zero-order valence-electron chi connectivity index (χ0n) is 12.3. The van der Waals surface area contributed by atoms with Gasteiger partial charge in [0.25, 0.3) is 5.91 Å². The van der Waals surface area contributed by atoms with Gasteiger partial charge >= 0.3 is 0 Å². The number of methoxy groups -OCH3 is 1. The number of aryl methyl sites for hydroxylation is 1. The number of rotatable bonds is 7. The molecule has 0 radical (unpaired) electrons. The van der Waals surface area contributed by atoms with E-state index in [1.54, 1.807) is 31.4 Å². The summed E-state index contributed by atoms with van der Waals surface area (Å²) in [7, 11) is 1.57. The van der Waals surface area contributed by atoms with Gasteiger partial charge in [-0.2, -0.15) is 0 Å². The summed E-state index contributed by atoms with van der Waals surface area (Å²) in [5.41, 5.74) is 0.539. The average molecular weight is 305 g/mol. The van der Waals surface area contributed by atoms with E-state index in [0.717, 1.165) is 17.8 Å². The number of carbonyl (C=O) groups is 1. The van der Waals surface area contributed by atoms with Gasteiger partial charge in [-0.15, -0.1) is 10.2 Å². The summed E-state index contributed by atoms with van der Waals surface area (Å²) in [6, 6.07) is 7.01. The maximum absolute atomic E-state index is 12.1. The van der Waals surface area contributed by atoms with Gasteiger partial charge in [0, 0.05) is 12.0 Å². The number of anilines is 1. The molecule has 1 aromatic heterocycles. The van der Waals surface area contributed by atoms with Crippen molar-refractivity contribution in [3.63, 3.8) is 0 Å². The third-order valence-electron chi connectivity index (χ3n) is 3.01. The van der Waals surface area contributed by atoms with Crippen molar-refractivity contribution in [2.24, 2.45) is 0 Å². The molecular formula is C15H19N3O2S. The third-order valence-corrected chi connectivity index (χ3v) is 3.91. The number of hydrogen-bond donors (Lipinski definition) is 1. The molecule has 2 rings (SSSR count). The molecule has 1 amide bonds. The highest BCUT2D eigenvalue weighted by Crippen LogP contribution is 2.19.